The van der Waals surface area contributed by atoms with Crippen molar-refractivity contribution in [1.82, 2.24) is 4.67 Å². The highest BCUT2D eigenvalue weighted by Gasteiger charge is 2.34. The standard InChI is InChI=1S/C3H9N2OP.C2H6/c4-3(6)1-5(7)2-3;1-2/h6H,1-2,4,7H2;1-2H3. The van der Waals surface area contributed by atoms with E-state index in [2.05, 4.69) is 9.39 Å². The summed E-state index contributed by atoms with van der Waals surface area (Å²) < 4.78 is 1.88. The zero-order valence-corrected chi connectivity index (χ0v) is 7.12. The lowest BCUT2D eigenvalue weighted by molar-refractivity contribution is -0.0494. The molecule has 3 nitrogen and oxygen atoms in total. The molecule has 0 bridgehead atoms. The summed E-state index contributed by atoms with van der Waals surface area (Å²) in [6.45, 7) is 5.13. The number of β-amino-alcohol motifs (C(OH)–C–C–N with tert-alkyl or cyclic N) is 1. The lowest BCUT2D eigenvalue weighted by Gasteiger charge is -2.40. The van der Waals surface area contributed by atoms with Crippen molar-refractivity contribution in [3.63, 3.8) is 0 Å². The summed E-state index contributed by atoms with van der Waals surface area (Å²) in [5.41, 5.74) is 4.31. The molecule has 0 radical (unpaired) electrons. The summed E-state index contributed by atoms with van der Waals surface area (Å²) in [6.07, 6.45) is 0. The topological polar surface area (TPSA) is 49.5 Å². The van der Waals surface area contributed by atoms with Crippen molar-refractivity contribution in [1.29, 1.82) is 0 Å². The Bertz CT molecular complexity index is 79.0. The molecule has 56 valence electrons. The van der Waals surface area contributed by atoms with Crippen LogP contribution in [0.15, 0.2) is 0 Å². The molecule has 1 saturated heterocycles. The third-order valence-electron chi connectivity index (χ3n) is 0.954. The molecule has 0 saturated carbocycles. The van der Waals surface area contributed by atoms with E-state index in [1.54, 1.807) is 0 Å². The first-order chi connectivity index (χ1) is 4.10. The number of rotatable bonds is 0. The Morgan fingerprint density at radius 3 is 1.89 bits per heavy atom. The molecule has 0 amide bonds. The van der Waals surface area contributed by atoms with E-state index in [-0.39, 0.29) is 0 Å². The highest BCUT2D eigenvalue weighted by Crippen LogP contribution is 2.17. The smallest absolute Gasteiger partial charge is 0.139 e. The first kappa shape index (κ1) is 9.31. The van der Waals surface area contributed by atoms with Gasteiger partial charge in [-0.05, 0) is 0 Å². The molecule has 0 spiro atoms. The molecule has 0 aromatic heterocycles. The van der Waals surface area contributed by atoms with E-state index in [4.69, 9.17) is 10.8 Å². The van der Waals surface area contributed by atoms with Crippen molar-refractivity contribution in [2.24, 2.45) is 5.73 Å². The van der Waals surface area contributed by atoms with E-state index in [1.807, 2.05) is 18.5 Å². The fourth-order valence-corrected chi connectivity index (χ4v) is 1.29. The van der Waals surface area contributed by atoms with Gasteiger partial charge in [0.25, 0.3) is 0 Å². The van der Waals surface area contributed by atoms with Gasteiger partial charge in [0.2, 0.25) is 0 Å². The molecule has 1 unspecified atom stereocenters. The third kappa shape index (κ3) is 3.11. The van der Waals surface area contributed by atoms with Crippen LogP contribution in [-0.2, 0) is 0 Å². The van der Waals surface area contributed by atoms with Gasteiger partial charge >= 0.3 is 0 Å². The van der Waals surface area contributed by atoms with Crippen LogP contribution in [0.3, 0.4) is 0 Å². The molecule has 0 aliphatic carbocycles. The molecule has 1 rings (SSSR count). The van der Waals surface area contributed by atoms with Crippen LogP contribution >= 0.6 is 9.39 Å². The van der Waals surface area contributed by atoms with Crippen molar-refractivity contribution >= 4 is 9.39 Å². The maximum atomic E-state index is 8.81. The number of hydrogen-bond donors (Lipinski definition) is 2. The minimum atomic E-state index is -0.901. The van der Waals surface area contributed by atoms with Crippen LogP contribution in [0.2, 0.25) is 0 Å². The van der Waals surface area contributed by atoms with Crippen molar-refractivity contribution in [3.8, 4) is 0 Å². The van der Waals surface area contributed by atoms with E-state index < -0.39 is 5.72 Å². The normalized spacial score (nSPS) is 23.7. The average Bonchev–Trinajstić information content (AvgIpc) is 1.67. The molecule has 0 aromatic rings. The van der Waals surface area contributed by atoms with E-state index in [0.717, 1.165) is 0 Å². The molecular weight excluding hydrogens is 135 g/mol. The first-order valence-corrected chi connectivity index (χ1v) is 3.63. The number of hydrogen-bond acceptors (Lipinski definition) is 3. The third-order valence-corrected chi connectivity index (χ3v) is 1.32. The second-order valence-corrected chi connectivity index (χ2v) is 2.74. The highest BCUT2D eigenvalue weighted by atomic mass is 31.0. The molecule has 1 aliphatic rings. The zero-order chi connectivity index (χ0) is 7.49. The van der Waals surface area contributed by atoms with Crippen LogP contribution in [0.4, 0.5) is 0 Å². The Morgan fingerprint density at radius 2 is 1.89 bits per heavy atom. The van der Waals surface area contributed by atoms with Gasteiger partial charge in [-0.1, -0.05) is 23.2 Å². The number of nitrogens with two attached hydrogens (primary N) is 1. The Morgan fingerprint density at radius 1 is 1.56 bits per heavy atom. The first-order valence-electron chi connectivity index (χ1n) is 3.11. The van der Waals surface area contributed by atoms with Crippen LogP contribution in [0.25, 0.3) is 0 Å². The van der Waals surface area contributed by atoms with Crippen molar-refractivity contribution < 1.29 is 5.11 Å². The second kappa shape index (κ2) is 3.47. The van der Waals surface area contributed by atoms with Gasteiger partial charge < -0.3 is 10.8 Å². The molecular formula is C5H15N2OP. The van der Waals surface area contributed by atoms with Crippen LogP contribution in [-0.4, -0.2) is 28.6 Å². The predicted molar refractivity (Wildman–Crippen MR) is 41.8 cm³/mol. The van der Waals surface area contributed by atoms with E-state index in [1.165, 1.54) is 0 Å². The summed E-state index contributed by atoms with van der Waals surface area (Å²) in [5, 5.41) is 8.81. The summed E-state index contributed by atoms with van der Waals surface area (Å²) in [5.74, 6) is 0. The monoisotopic (exact) mass is 150 g/mol. The Labute approximate surface area is 58.5 Å². The molecule has 3 N–H and O–H groups in total. The fraction of sp³-hybridized carbons (Fsp3) is 1.00. The molecule has 9 heavy (non-hydrogen) atoms. The van der Waals surface area contributed by atoms with Crippen LogP contribution in [0.1, 0.15) is 13.8 Å². The van der Waals surface area contributed by atoms with Crippen molar-refractivity contribution in [3.05, 3.63) is 0 Å². The maximum absolute atomic E-state index is 8.81. The molecule has 1 atom stereocenters. The van der Waals surface area contributed by atoms with Gasteiger partial charge in [-0.3, -0.25) is 4.67 Å². The fourth-order valence-electron chi connectivity index (χ4n) is 0.657. The van der Waals surface area contributed by atoms with Gasteiger partial charge in [0.05, 0.1) is 0 Å². The van der Waals surface area contributed by atoms with Gasteiger partial charge in [-0.2, -0.15) is 0 Å². The largest absolute Gasteiger partial charge is 0.373 e. The Balaban J connectivity index is 0.000000291. The Kier molecular flexibility index (Phi) is 3.59. The molecule has 4 heteroatoms. The quantitative estimate of drug-likeness (QED) is 0.370. The van der Waals surface area contributed by atoms with Gasteiger partial charge in [0.15, 0.2) is 0 Å². The van der Waals surface area contributed by atoms with E-state index in [0.29, 0.717) is 13.1 Å². The maximum Gasteiger partial charge on any atom is 0.139 e. The zero-order valence-electron chi connectivity index (χ0n) is 5.96. The number of nitrogens with zero attached hydrogens (tertiary/aromatic N) is 1. The molecule has 1 fully saturated rings. The van der Waals surface area contributed by atoms with Crippen molar-refractivity contribution in [2.45, 2.75) is 19.6 Å². The lowest BCUT2D eigenvalue weighted by Crippen LogP contribution is -2.63. The van der Waals surface area contributed by atoms with Crippen LogP contribution < -0.4 is 5.73 Å². The lowest BCUT2D eigenvalue weighted by atomic mass is 10.1. The van der Waals surface area contributed by atoms with Gasteiger partial charge in [0, 0.05) is 13.1 Å². The minimum absolute atomic E-state index is 0.567. The average molecular weight is 150 g/mol. The summed E-state index contributed by atoms with van der Waals surface area (Å²) in [7, 11) is 2.46. The summed E-state index contributed by atoms with van der Waals surface area (Å²) in [6, 6.07) is 0. The SMILES string of the molecule is CC.NC1(O)CN(P)C1. The highest BCUT2D eigenvalue weighted by molar-refractivity contribution is 7.13. The van der Waals surface area contributed by atoms with Crippen LogP contribution in [0, 0.1) is 0 Å². The Hall–Kier alpha value is 0.310. The van der Waals surface area contributed by atoms with Gasteiger partial charge in [-0.25, -0.2) is 0 Å². The van der Waals surface area contributed by atoms with E-state index in [9.17, 15) is 0 Å². The number of aliphatic hydroxyl groups is 1. The minimum Gasteiger partial charge on any atom is -0.373 e. The summed E-state index contributed by atoms with van der Waals surface area (Å²) in [4.78, 5) is 0. The molecule has 1 heterocycles. The predicted octanol–water partition coefficient (Wildman–Crippen LogP) is -0.234. The second-order valence-electron chi connectivity index (χ2n) is 2.01. The summed E-state index contributed by atoms with van der Waals surface area (Å²) >= 11 is 0. The molecule has 0 aromatic carbocycles. The van der Waals surface area contributed by atoms with Crippen molar-refractivity contribution in [2.75, 3.05) is 13.1 Å². The van der Waals surface area contributed by atoms with Gasteiger partial charge in [0.1, 0.15) is 5.72 Å². The van der Waals surface area contributed by atoms with Gasteiger partial charge in [-0.15, -0.1) is 0 Å². The van der Waals surface area contributed by atoms with Crippen LogP contribution in [0.5, 0.6) is 0 Å². The molecule has 1 aliphatic heterocycles. The van der Waals surface area contributed by atoms with E-state index >= 15 is 0 Å².